The summed E-state index contributed by atoms with van der Waals surface area (Å²) in [5.41, 5.74) is -0.606. The van der Waals surface area contributed by atoms with Crippen LogP contribution in [0, 0.1) is 23.7 Å². The molecule has 5 fully saturated rings. The van der Waals surface area contributed by atoms with Gasteiger partial charge in [0.25, 0.3) is 0 Å². The van der Waals surface area contributed by atoms with Crippen molar-refractivity contribution in [3.8, 4) is 0 Å². The van der Waals surface area contributed by atoms with Crippen LogP contribution in [0.1, 0.15) is 39.0 Å². The lowest BCUT2D eigenvalue weighted by atomic mass is 9.47. The van der Waals surface area contributed by atoms with Crippen molar-refractivity contribution in [1.82, 2.24) is 0 Å². The number of carbonyl (C=O) groups excluding carboxylic acids is 2. The fourth-order valence-corrected chi connectivity index (χ4v) is 5.31. The van der Waals surface area contributed by atoms with E-state index in [1.54, 1.807) is 6.92 Å². The zero-order chi connectivity index (χ0) is 13.2. The molecule has 1 spiro atoms. The van der Waals surface area contributed by atoms with Crippen LogP contribution < -0.4 is 0 Å². The topological polar surface area (TPSA) is 52.6 Å². The maximum Gasteiger partial charge on any atom is 0.343 e. The first kappa shape index (κ1) is 11.9. The number of ether oxygens (including phenoxy) is 2. The maximum atomic E-state index is 12.6. The average molecular weight is 264 g/mol. The molecule has 5 aliphatic rings. The fourth-order valence-electron chi connectivity index (χ4n) is 5.31. The molecule has 4 aliphatic carbocycles. The van der Waals surface area contributed by atoms with Gasteiger partial charge in [-0.05, 0) is 62.7 Å². The van der Waals surface area contributed by atoms with Gasteiger partial charge in [-0.1, -0.05) is 0 Å². The quantitative estimate of drug-likeness (QED) is 0.563. The number of esters is 1. The first-order valence-electron chi connectivity index (χ1n) is 7.54. The van der Waals surface area contributed by atoms with E-state index in [0.29, 0.717) is 18.4 Å². The molecule has 0 aromatic heterocycles. The summed E-state index contributed by atoms with van der Waals surface area (Å²) >= 11 is 0. The normalized spacial score (nSPS) is 50.4. The molecule has 0 aromatic rings. The van der Waals surface area contributed by atoms with E-state index in [-0.39, 0.29) is 5.78 Å². The van der Waals surface area contributed by atoms with Gasteiger partial charge < -0.3 is 9.47 Å². The van der Waals surface area contributed by atoms with E-state index in [4.69, 9.17) is 9.47 Å². The van der Waals surface area contributed by atoms with Crippen molar-refractivity contribution in [3.05, 3.63) is 0 Å². The molecule has 0 aromatic carbocycles. The first-order valence-corrected chi connectivity index (χ1v) is 7.54. The van der Waals surface area contributed by atoms with Crippen LogP contribution in [0.3, 0.4) is 0 Å². The molecule has 1 heterocycles. The van der Waals surface area contributed by atoms with Gasteiger partial charge in [-0.15, -0.1) is 0 Å². The highest BCUT2D eigenvalue weighted by Crippen LogP contribution is 2.63. The lowest BCUT2D eigenvalue weighted by Gasteiger charge is -2.64. The third kappa shape index (κ3) is 1.38. The minimum atomic E-state index is -0.933. The number of carbonyl (C=O) groups is 2. The minimum Gasteiger partial charge on any atom is -0.464 e. The Morgan fingerprint density at radius 2 is 1.79 bits per heavy atom. The Morgan fingerprint density at radius 3 is 2.26 bits per heavy atom. The van der Waals surface area contributed by atoms with Gasteiger partial charge in [0.2, 0.25) is 11.9 Å². The molecular formula is C15H20O4. The first-order chi connectivity index (χ1) is 9.15. The lowest BCUT2D eigenvalue weighted by Crippen LogP contribution is -2.75. The van der Waals surface area contributed by atoms with Crippen molar-refractivity contribution in [3.63, 3.8) is 0 Å². The van der Waals surface area contributed by atoms with Crippen molar-refractivity contribution in [2.45, 2.75) is 50.7 Å². The second-order valence-electron chi connectivity index (χ2n) is 6.71. The van der Waals surface area contributed by atoms with Crippen LogP contribution in [0.15, 0.2) is 0 Å². The molecule has 4 nitrogen and oxygen atoms in total. The molecule has 1 aliphatic heterocycles. The minimum absolute atomic E-state index is 0.0137. The SMILES string of the molecule is CCOC(=O)C1OC2(C1=O)C1CC3CC(C1)CC2C3. The van der Waals surface area contributed by atoms with E-state index >= 15 is 0 Å². The van der Waals surface area contributed by atoms with E-state index in [1.165, 1.54) is 6.42 Å². The molecule has 5 rings (SSSR count). The van der Waals surface area contributed by atoms with Crippen molar-refractivity contribution >= 4 is 11.8 Å². The van der Waals surface area contributed by atoms with E-state index in [2.05, 4.69) is 0 Å². The Balaban J connectivity index is 1.57. The Morgan fingerprint density at radius 1 is 1.21 bits per heavy atom. The highest BCUT2D eigenvalue weighted by atomic mass is 16.6. The highest BCUT2D eigenvalue weighted by Gasteiger charge is 2.70. The lowest BCUT2D eigenvalue weighted by molar-refractivity contribution is -0.267. The summed E-state index contributed by atoms with van der Waals surface area (Å²) in [5.74, 6) is 1.84. The molecule has 1 atom stereocenters. The molecular weight excluding hydrogens is 244 g/mol. The summed E-state index contributed by atoms with van der Waals surface area (Å²) < 4.78 is 10.8. The Bertz CT molecular complexity index is 413. The van der Waals surface area contributed by atoms with Gasteiger partial charge in [0.05, 0.1) is 6.61 Å². The fraction of sp³-hybridized carbons (Fsp3) is 0.867. The predicted octanol–water partition coefficient (Wildman–Crippen LogP) is 1.71. The summed E-state index contributed by atoms with van der Waals surface area (Å²) in [5, 5.41) is 0. The van der Waals surface area contributed by atoms with Gasteiger partial charge in [0.1, 0.15) is 5.60 Å². The summed E-state index contributed by atoms with van der Waals surface area (Å²) in [7, 11) is 0. The molecule has 104 valence electrons. The van der Waals surface area contributed by atoms with E-state index in [0.717, 1.165) is 37.5 Å². The number of hydrogen-bond donors (Lipinski definition) is 0. The maximum absolute atomic E-state index is 12.6. The largest absolute Gasteiger partial charge is 0.464 e. The van der Waals surface area contributed by atoms with Crippen molar-refractivity contribution in [2.24, 2.45) is 23.7 Å². The smallest absolute Gasteiger partial charge is 0.343 e. The number of hydrogen-bond acceptors (Lipinski definition) is 4. The molecule has 0 N–H and O–H groups in total. The third-order valence-corrected chi connectivity index (χ3v) is 5.79. The number of Topliss-reactive ketones (excluding diaryl/α,β-unsaturated/α-hetero) is 1. The molecule has 1 saturated heterocycles. The predicted molar refractivity (Wildman–Crippen MR) is 66.3 cm³/mol. The molecule has 4 bridgehead atoms. The van der Waals surface area contributed by atoms with E-state index in [1.807, 2.05) is 0 Å². The Hall–Kier alpha value is -0.900. The highest BCUT2D eigenvalue weighted by molar-refractivity contribution is 6.11. The van der Waals surface area contributed by atoms with Gasteiger partial charge in [-0.2, -0.15) is 0 Å². The van der Waals surface area contributed by atoms with E-state index < -0.39 is 17.7 Å². The number of rotatable bonds is 2. The van der Waals surface area contributed by atoms with Gasteiger partial charge >= 0.3 is 5.97 Å². The van der Waals surface area contributed by atoms with Gasteiger partial charge in [-0.25, -0.2) is 4.79 Å². The van der Waals surface area contributed by atoms with Crippen molar-refractivity contribution < 1.29 is 19.1 Å². The number of ketones is 1. The van der Waals surface area contributed by atoms with Crippen LogP contribution in [0.4, 0.5) is 0 Å². The zero-order valence-electron chi connectivity index (χ0n) is 11.3. The molecule has 0 radical (unpaired) electrons. The Labute approximate surface area is 112 Å². The molecule has 0 amide bonds. The Kier molecular flexibility index (Phi) is 2.39. The molecule has 19 heavy (non-hydrogen) atoms. The summed E-state index contributed by atoms with van der Waals surface area (Å²) in [6.45, 7) is 2.05. The second kappa shape index (κ2) is 3.81. The summed E-state index contributed by atoms with van der Waals surface area (Å²) in [6, 6.07) is 0. The van der Waals surface area contributed by atoms with Gasteiger partial charge in [0, 0.05) is 0 Å². The summed E-state index contributed by atoms with van der Waals surface area (Å²) in [6.07, 6.45) is 4.89. The van der Waals surface area contributed by atoms with Crippen LogP contribution >= 0.6 is 0 Å². The monoisotopic (exact) mass is 264 g/mol. The van der Waals surface area contributed by atoms with Crippen molar-refractivity contribution in [2.75, 3.05) is 6.61 Å². The second-order valence-corrected chi connectivity index (χ2v) is 6.71. The van der Waals surface area contributed by atoms with Crippen LogP contribution in [-0.4, -0.2) is 30.1 Å². The van der Waals surface area contributed by atoms with E-state index in [9.17, 15) is 9.59 Å². The van der Waals surface area contributed by atoms with Crippen LogP contribution in [0.2, 0.25) is 0 Å². The van der Waals surface area contributed by atoms with Crippen molar-refractivity contribution in [1.29, 1.82) is 0 Å². The van der Waals surface area contributed by atoms with Crippen LogP contribution in [-0.2, 0) is 19.1 Å². The van der Waals surface area contributed by atoms with Gasteiger partial charge in [0.15, 0.2) is 0 Å². The molecule has 4 saturated carbocycles. The zero-order valence-corrected chi connectivity index (χ0v) is 11.3. The van der Waals surface area contributed by atoms with Gasteiger partial charge in [-0.3, -0.25) is 4.79 Å². The molecule has 1 unspecified atom stereocenters. The van der Waals surface area contributed by atoms with Crippen LogP contribution in [0.5, 0.6) is 0 Å². The molecule has 4 heteroatoms. The van der Waals surface area contributed by atoms with Crippen LogP contribution in [0.25, 0.3) is 0 Å². The third-order valence-electron chi connectivity index (χ3n) is 5.79. The average Bonchev–Trinajstić information content (AvgIpc) is 2.36. The standard InChI is InChI=1S/C15H20O4/c1-2-18-14(17)12-13(16)15(19-12)10-4-8-3-9(6-10)7-11(15)5-8/h8-12H,2-7H2,1H3. The summed E-state index contributed by atoms with van der Waals surface area (Å²) in [4.78, 5) is 24.3.